The molecule has 2 rings (SSSR count). The summed E-state index contributed by atoms with van der Waals surface area (Å²) < 4.78 is 27.8. The molecule has 0 radical (unpaired) electrons. The first-order chi connectivity index (χ1) is 11.5. The van der Waals surface area contributed by atoms with E-state index in [-0.39, 0.29) is 12.1 Å². The van der Waals surface area contributed by atoms with E-state index in [2.05, 4.69) is 30.9 Å². The molecule has 0 amide bonds. The predicted octanol–water partition coefficient (Wildman–Crippen LogP) is 7.12. The van der Waals surface area contributed by atoms with E-state index in [0.29, 0.717) is 6.61 Å². The molecule has 2 aliphatic carbocycles. The van der Waals surface area contributed by atoms with Gasteiger partial charge in [-0.15, -0.1) is 6.58 Å². The van der Waals surface area contributed by atoms with E-state index in [1.807, 2.05) is 0 Å². The Bertz CT molecular complexity index is 400. The van der Waals surface area contributed by atoms with Gasteiger partial charge in [0.05, 0.1) is 6.61 Å². The van der Waals surface area contributed by atoms with Crippen molar-refractivity contribution < 1.29 is 13.5 Å². The Kier molecular flexibility index (Phi) is 9.97. The molecule has 0 aromatic heterocycles. The quantitative estimate of drug-likeness (QED) is 0.294. The van der Waals surface area contributed by atoms with Gasteiger partial charge in [-0.05, 0) is 69.1 Å². The molecule has 1 nitrogen and oxygen atoms in total. The summed E-state index contributed by atoms with van der Waals surface area (Å²) in [5.74, 6) is 2.66. The number of hydrogen-bond acceptors (Lipinski definition) is 1. The molecule has 24 heavy (non-hydrogen) atoms. The minimum atomic E-state index is -1.06. The van der Waals surface area contributed by atoms with Crippen molar-refractivity contribution in [3.63, 3.8) is 0 Å². The average molecular weight is 340 g/mol. The van der Waals surface area contributed by atoms with Gasteiger partial charge in [-0.25, -0.2) is 8.78 Å². The molecule has 0 spiro atoms. The summed E-state index contributed by atoms with van der Waals surface area (Å²) >= 11 is 0. The molecule has 2 saturated carbocycles. The monoisotopic (exact) mass is 340 g/mol. The fourth-order valence-corrected chi connectivity index (χ4v) is 3.91. The zero-order chi connectivity index (χ0) is 17.9. The highest BCUT2D eigenvalue weighted by atomic mass is 19.2. The fraction of sp³-hybridized carbons (Fsp3) is 0.714. The molecule has 0 N–H and O–H groups in total. The Morgan fingerprint density at radius 3 is 1.96 bits per heavy atom. The molecule has 0 heterocycles. The molecule has 0 unspecified atom stereocenters. The topological polar surface area (TPSA) is 9.23 Å². The van der Waals surface area contributed by atoms with Crippen molar-refractivity contribution in [1.29, 1.82) is 0 Å². The Morgan fingerprint density at radius 2 is 1.54 bits per heavy atom. The number of allylic oxidation sites excluding steroid dienone is 2. The summed E-state index contributed by atoms with van der Waals surface area (Å²) in [7, 11) is 0. The van der Waals surface area contributed by atoms with Gasteiger partial charge < -0.3 is 4.74 Å². The third-order valence-corrected chi connectivity index (χ3v) is 5.56. The molecule has 138 valence electrons. The Labute approximate surface area is 146 Å². The largest absolute Gasteiger partial charge is 0.491 e. The molecule has 0 atom stereocenters. The van der Waals surface area contributed by atoms with Crippen LogP contribution in [0.15, 0.2) is 37.1 Å². The van der Waals surface area contributed by atoms with E-state index in [1.165, 1.54) is 51.4 Å². The lowest BCUT2D eigenvalue weighted by Gasteiger charge is -2.36. The number of ether oxygens (including phenoxy) is 1. The van der Waals surface area contributed by atoms with Gasteiger partial charge in [-0.2, -0.15) is 0 Å². The van der Waals surface area contributed by atoms with Gasteiger partial charge >= 0.3 is 0 Å². The van der Waals surface area contributed by atoms with Crippen LogP contribution in [0.4, 0.5) is 8.78 Å². The first kappa shape index (κ1) is 20.9. The third-order valence-electron chi connectivity index (χ3n) is 5.56. The normalized spacial score (nSPS) is 30.8. The molecular formula is C21H34F2O. The van der Waals surface area contributed by atoms with Crippen molar-refractivity contribution in [3.05, 3.63) is 37.1 Å². The zero-order valence-corrected chi connectivity index (χ0v) is 15.4. The van der Waals surface area contributed by atoms with E-state index in [9.17, 15) is 8.78 Å². The van der Waals surface area contributed by atoms with Gasteiger partial charge in [0, 0.05) is 0 Å². The predicted molar refractivity (Wildman–Crippen MR) is 97.8 cm³/mol. The lowest BCUT2D eigenvalue weighted by molar-refractivity contribution is 0.160. The van der Waals surface area contributed by atoms with Crippen molar-refractivity contribution >= 4 is 0 Å². The van der Waals surface area contributed by atoms with Crippen LogP contribution in [0.5, 0.6) is 0 Å². The molecule has 0 aromatic rings. The van der Waals surface area contributed by atoms with Crippen molar-refractivity contribution in [2.24, 2.45) is 23.7 Å². The minimum Gasteiger partial charge on any atom is -0.491 e. The van der Waals surface area contributed by atoms with Crippen molar-refractivity contribution in [1.82, 2.24) is 0 Å². The molecule has 0 aliphatic heterocycles. The van der Waals surface area contributed by atoms with Crippen molar-refractivity contribution in [3.8, 4) is 0 Å². The summed E-state index contributed by atoms with van der Waals surface area (Å²) in [6.45, 7) is 11.4. The number of hydrogen-bond donors (Lipinski definition) is 0. The average Bonchev–Trinajstić information content (AvgIpc) is 2.62. The van der Waals surface area contributed by atoms with Gasteiger partial charge in [-0.1, -0.05) is 32.4 Å². The van der Waals surface area contributed by atoms with Crippen LogP contribution in [0.25, 0.3) is 0 Å². The van der Waals surface area contributed by atoms with Crippen LogP contribution in [-0.2, 0) is 4.74 Å². The Balaban J connectivity index is 0.000000277. The van der Waals surface area contributed by atoms with E-state index in [0.717, 1.165) is 23.7 Å². The lowest BCUT2D eigenvalue weighted by Crippen LogP contribution is -2.24. The summed E-state index contributed by atoms with van der Waals surface area (Å²) in [6.07, 6.45) is 13.8. The third kappa shape index (κ3) is 7.19. The summed E-state index contributed by atoms with van der Waals surface area (Å²) in [6, 6.07) is 0. The van der Waals surface area contributed by atoms with Crippen LogP contribution in [0.3, 0.4) is 0 Å². The SMILES string of the molecule is C=C(OCC)/C(F)=C/F.C=CC1CCC(C2CCC(C)CC2)CC1. The number of halogens is 2. The Hall–Kier alpha value is -1.12. The molecule has 0 saturated heterocycles. The Morgan fingerprint density at radius 1 is 1.04 bits per heavy atom. The molecule has 2 fully saturated rings. The minimum absolute atomic E-state index is 0.183. The highest BCUT2D eigenvalue weighted by molar-refractivity contribution is 5.12. The highest BCUT2D eigenvalue weighted by Crippen LogP contribution is 2.41. The first-order valence-corrected chi connectivity index (χ1v) is 9.42. The van der Waals surface area contributed by atoms with Crippen molar-refractivity contribution in [2.45, 2.75) is 65.2 Å². The van der Waals surface area contributed by atoms with Gasteiger partial charge in [0.15, 0.2) is 5.83 Å². The van der Waals surface area contributed by atoms with E-state index >= 15 is 0 Å². The van der Waals surface area contributed by atoms with Gasteiger partial charge in [-0.3, -0.25) is 0 Å². The molecule has 3 heteroatoms. The zero-order valence-electron chi connectivity index (χ0n) is 15.4. The van der Waals surface area contributed by atoms with E-state index in [1.54, 1.807) is 6.92 Å². The van der Waals surface area contributed by atoms with Crippen molar-refractivity contribution in [2.75, 3.05) is 6.61 Å². The van der Waals surface area contributed by atoms with Gasteiger partial charge in [0.1, 0.15) is 12.1 Å². The van der Waals surface area contributed by atoms with E-state index < -0.39 is 5.83 Å². The maximum atomic E-state index is 12.0. The highest BCUT2D eigenvalue weighted by Gasteiger charge is 2.28. The molecule has 0 bridgehead atoms. The van der Waals surface area contributed by atoms with Crippen LogP contribution in [-0.4, -0.2) is 6.61 Å². The number of rotatable bonds is 5. The summed E-state index contributed by atoms with van der Waals surface area (Å²) in [5, 5.41) is 0. The fourth-order valence-electron chi connectivity index (χ4n) is 3.91. The van der Waals surface area contributed by atoms with Crippen LogP contribution >= 0.6 is 0 Å². The maximum absolute atomic E-state index is 12.0. The van der Waals surface area contributed by atoms with Crippen LogP contribution < -0.4 is 0 Å². The van der Waals surface area contributed by atoms with Crippen LogP contribution in [0.1, 0.15) is 65.2 Å². The lowest BCUT2D eigenvalue weighted by atomic mass is 9.69. The molecule has 2 aliphatic rings. The van der Waals surface area contributed by atoms with Gasteiger partial charge in [0.2, 0.25) is 0 Å². The second-order valence-corrected chi connectivity index (χ2v) is 7.24. The molecule has 0 aromatic carbocycles. The van der Waals surface area contributed by atoms with Crippen LogP contribution in [0, 0.1) is 23.7 Å². The second-order valence-electron chi connectivity index (χ2n) is 7.24. The van der Waals surface area contributed by atoms with Crippen LogP contribution in [0.2, 0.25) is 0 Å². The molecular weight excluding hydrogens is 306 g/mol. The summed E-state index contributed by atoms with van der Waals surface area (Å²) in [5.41, 5.74) is 0. The maximum Gasteiger partial charge on any atom is 0.192 e. The van der Waals surface area contributed by atoms with E-state index in [4.69, 9.17) is 0 Å². The standard InChI is InChI=1S/C15H26.C6H8F2O/c1-3-13-6-10-15(11-7-13)14-8-4-12(2)5-9-14;1-3-9-5(2)6(8)4-7/h3,12-15H,1,4-11H2,2H3;4H,2-3H2,1H3/b;6-4-. The first-order valence-electron chi connectivity index (χ1n) is 9.42. The summed E-state index contributed by atoms with van der Waals surface area (Å²) in [4.78, 5) is 0. The second kappa shape index (κ2) is 11.4. The smallest absolute Gasteiger partial charge is 0.192 e. The van der Waals surface area contributed by atoms with Gasteiger partial charge in [0.25, 0.3) is 0 Å².